The summed E-state index contributed by atoms with van der Waals surface area (Å²) in [7, 11) is 0. The van der Waals surface area contributed by atoms with Gasteiger partial charge in [-0.15, -0.1) is 0 Å². The molecular formula is C30H29ClN2O4. The van der Waals surface area contributed by atoms with Crippen molar-refractivity contribution in [1.29, 1.82) is 0 Å². The highest BCUT2D eigenvalue weighted by Crippen LogP contribution is 2.34. The van der Waals surface area contributed by atoms with Gasteiger partial charge in [0.2, 0.25) is 0 Å². The van der Waals surface area contributed by atoms with E-state index >= 15 is 0 Å². The summed E-state index contributed by atoms with van der Waals surface area (Å²) in [6.45, 7) is 10.1. The maximum absolute atomic E-state index is 13.1. The lowest BCUT2D eigenvalue weighted by Crippen LogP contribution is -2.33. The zero-order valence-electron chi connectivity index (χ0n) is 21.5. The number of halogens is 1. The maximum atomic E-state index is 13.1. The Hall–Kier alpha value is -3.90. The third-order valence-electron chi connectivity index (χ3n) is 6.18. The number of nitrogens with one attached hydrogen (secondary N) is 1. The lowest BCUT2D eigenvalue weighted by molar-refractivity contribution is -0.120. The first kappa shape index (κ1) is 26.2. The fourth-order valence-corrected chi connectivity index (χ4v) is 4.38. The quantitative estimate of drug-likeness (QED) is 0.229. The molecule has 0 aliphatic carbocycles. The van der Waals surface area contributed by atoms with Gasteiger partial charge < -0.3 is 10.1 Å². The number of carbonyl (C=O) groups excluding carboxylic acids is 3. The van der Waals surface area contributed by atoms with Crippen LogP contribution in [-0.2, 0) is 21.4 Å². The van der Waals surface area contributed by atoms with Gasteiger partial charge in [0.05, 0.1) is 11.3 Å². The SMILES string of the molecule is CCc1ccccc1N1C(=O)C(Cl)=C(Nc2ccc(C(=O)Oc3ccc(C)cc3C(C)(C)C)cc2)C1=O. The third kappa shape index (κ3) is 5.30. The van der Waals surface area contributed by atoms with Crippen LogP contribution in [0.4, 0.5) is 11.4 Å². The highest BCUT2D eigenvalue weighted by atomic mass is 35.5. The van der Waals surface area contributed by atoms with E-state index in [0.717, 1.165) is 21.6 Å². The van der Waals surface area contributed by atoms with E-state index < -0.39 is 17.8 Å². The van der Waals surface area contributed by atoms with Crippen LogP contribution in [0.15, 0.2) is 77.5 Å². The Balaban J connectivity index is 1.51. The van der Waals surface area contributed by atoms with Crippen LogP contribution in [0, 0.1) is 6.92 Å². The molecule has 1 N–H and O–H groups in total. The Bertz CT molecular complexity index is 1420. The van der Waals surface area contributed by atoms with E-state index in [1.165, 1.54) is 0 Å². The van der Waals surface area contributed by atoms with Crippen molar-refractivity contribution in [3.8, 4) is 5.75 Å². The molecule has 3 aromatic rings. The largest absolute Gasteiger partial charge is 0.423 e. The van der Waals surface area contributed by atoms with E-state index in [1.807, 2.05) is 44.2 Å². The molecule has 0 saturated carbocycles. The van der Waals surface area contributed by atoms with E-state index in [9.17, 15) is 14.4 Å². The molecule has 0 unspecified atom stereocenters. The molecule has 0 radical (unpaired) electrons. The van der Waals surface area contributed by atoms with Gasteiger partial charge in [-0.3, -0.25) is 9.59 Å². The molecule has 1 heterocycles. The summed E-state index contributed by atoms with van der Waals surface area (Å²) in [6.07, 6.45) is 0.658. The number of anilines is 2. The number of carbonyl (C=O) groups is 3. The highest BCUT2D eigenvalue weighted by molar-refractivity contribution is 6.53. The van der Waals surface area contributed by atoms with Crippen LogP contribution in [-0.4, -0.2) is 17.8 Å². The molecule has 2 amide bonds. The fourth-order valence-electron chi connectivity index (χ4n) is 4.17. The van der Waals surface area contributed by atoms with Crippen molar-refractivity contribution in [1.82, 2.24) is 0 Å². The molecule has 1 aliphatic rings. The van der Waals surface area contributed by atoms with Gasteiger partial charge in [0, 0.05) is 11.3 Å². The Morgan fingerprint density at radius 3 is 2.30 bits per heavy atom. The molecule has 0 atom stereocenters. The van der Waals surface area contributed by atoms with Crippen molar-refractivity contribution in [2.75, 3.05) is 10.2 Å². The monoisotopic (exact) mass is 516 g/mol. The average molecular weight is 517 g/mol. The molecule has 4 rings (SSSR count). The van der Waals surface area contributed by atoms with E-state index in [2.05, 4.69) is 26.1 Å². The number of aryl methyl sites for hydroxylation is 2. The summed E-state index contributed by atoms with van der Waals surface area (Å²) < 4.78 is 5.72. The summed E-state index contributed by atoms with van der Waals surface area (Å²) >= 11 is 6.28. The van der Waals surface area contributed by atoms with Gasteiger partial charge in [0.25, 0.3) is 11.8 Å². The number of amides is 2. The van der Waals surface area contributed by atoms with Crippen molar-refractivity contribution >= 4 is 40.8 Å². The predicted molar refractivity (Wildman–Crippen MR) is 146 cm³/mol. The van der Waals surface area contributed by atoms with Gasteiger partial charge >= 0.3 is 5.97 Å². The first-order chi connectivity index (χ1) is 17.5. The van der Waals surface area contributed by atoms with Gasteiger partial charge in [-0.1, -0.05) is 75.2 Å². The molecule has 0 bridgehead atoms. The molecule has 0 saturated heterocycles. The molecule has 7 heteroatoms. The minimum atomic E-state index is -0.581. The van der Waals surface area contributed by atoms with Gasteiger partial charge in [0.1, 0.15) is 16.5 Å². The summed E-state index contributed by atoms with van der Waals surface area (Å²) in [5.74, 6) is -1.09. The minimum absolute atomic E-state index is 0.0117. The summed E-state index contributed by atoms with van der Waals surface area (Å²) in [5, 5.41) is 2.76. The van der Waals surface area contributed by atoms with Gasteiger partial charge in [0.15, 0.2) is 0 Å². The first-order valence-corrected chi connectivity index (χ1v) is 12.5. The summed E-state index contributed by atoms with van der Waals surface area (Å²) in [4.78, 5) is 39.9. The number of hydrogen-bond acceptors (Lipinski definition) is 5. The topological polar surface area (TPSA) is 75.7 Å². The molecular weight excluding hydrogens is 488 g/mol. The lowest BCUT2D eigenvalue weighted by Gasteiger charge is -2.22. The van der Waals surface area contributed by atoms with Crippen LogP contribution in [0.3, 0.4) is 0 Å². The predicted octanol–water partition coefficient (Wildman–Crippen LogP) is 6.51. The van der Waals surface area contributed by atoms with E-state index in [1.54, 1.807) is 36.4 Å². The third-order valence-corrected chi connectivity index (χ3v) is 6.53. The number of esters is 1. The van der Waals surface area contributed by atoms with E-state index in [0.29, 0.717) is 29.1 Å². The molecule has 0 fully saturated rings. The average Bonchev–Trinajstić information content (AvgIpc) is 3.07. The first-order valence-electron chi connectivity index (χ1n) is 12.1. The fraction of sp³-hybridized carbons (Fsp3) is 0.233. The zero-order valence-corrected chi connectivity index (χ0v) is 22.3. The zero-order chi connectivity index (χ0) is 26.9. The molecule has 37 heavy (non-hydrogen) atoms. The lowest BCUT2D eigenvalue weighted by atomic mass is 9.85. The Kier molecular flexibility index (Phi) is 7.23. The molecule has 3 aromatic carbocycles. The second-order valence-electron chi connectivity index (χ2n) is 9.96. The normalized spacial score (nSPS) is 13.8. The van der Waals surface area contributed by atoms with Crippen molar-refractivity contribution in [2.45, 2.75) is 46.5 Å². The number of hydrogen-bond donors (Lipinski definition) is 1. The Morgan fingerprint density at radius 1 is 0.973 bits per heavy atom. The van der Waals surface area contributed by atoms with Crippen molar-refractivity contribution in [3.05, 3.63) is 99.7 Å². The van der Waals surface area contributed by atoms with E-state index in [-0.39, 0.29) is 16.1 Å². The second-order valence-corrected chi connectivity index (χ2v) is 10.3. The number of rotatable bonds is 6. The van der Waals surface area contributed by atoms with Crippen LogP contribution in [0.5, 0.6) is 5.75 Å². The number of para-hydroxylation sites is 1. The van der Waals surface area contributed by atoms with Crippen molar-refractivity contribution < 1.29 is 19.1 Å². The van der Waals surface area contributed by atoms with Gasteiger partial charge in [-0.25, -0.2) is 9.69 Å². The molecule has 190 valence electrons. The number of benzene rings is 3. The summed E-state index contributed by atoms with van der Waals surface area (Å²) in [6, 6.07) is 19.4. The van der Waals surface area contributed by atoms with Crippen LogP contribution in [0.25, 0.3) is 0 Å². The van der Waals surface area contributed by atoms with Crippen LogP contribution in [0.1, 0.15) is 54.7 Å². The Labute approximate surface area is 221 Å². The Morgan fingerprint density at radius 2 is 1.65 bits per heavy atom. The highest BCUT2D eigenvalue weighted by Gasteiger charge is 2.39. The molecule has 0 aromatic heterocycles. The smallest absolute Gasteiger partial charge is 0.343 e. The number of ether oxygens (including phenoxy) is 1. The van der Waals surface area contributed by atoms with Gasteiger partial charge in [-0.05, 0) is 60.7 Å². The molecule has 1 aliphatic heterocycles. The van der Waals surface area contributed by atoms with Crippen molar-refractivity contribution in [2.24, 2.45) is 0 Å². The summed E-state index contributed by atoms with van der Waals surface area (Å²) in [5.41, 5.74) is 4.05. The number of nitrogens with zero attached hydrogens (tertiary/aromatic N) is 1. The van der Waals surface area contributed by atoms with Crippen molar-refractivity contribution in [3.63, 3.8) is 0 Å². The van der Waals surface area contributed by atoms with E-state index in [4.69, 9.17) is 16.3 Å². The standard InChI is InChI=1S/C30H29ClN2O4/c1-6-19-9-7-8-10-23(19)33-27(34)25(31)26(28(33)35)32-21-14-12-20(13-15-21)29(36)37-24-16-11-18(2)17-22(24)30(3,4)5/h7-17,32H,6H2,1-5H3. The molecule has 0 spiro atoms. The number of imide groups is 1. The molecule has 6 nitrogen and oxygen atoms in total. The van der Waals surface area contributed by atoms with Crippen LogP contribution >= 0.6 is 11.6 Å². The van der Waals surface area contributed by atoms with Crippen LogP contribution < -0.4 is 15.0 Å². The maximum Gasteiger partial charge on any atom is 0.343 e. The van der Waals surface area contributed by atoms with Gasteiger partial charge in [-0.2, -0.15) is 0 Å². The second kappa shape index (κ2) is 10.2. The van der Waals surface area contributed by atoms with Crippen LogP contribution in [0.2, 0.25) is 0 Å². The minimum Gasteiger partial charge on any atom is -0.423 e.